The average Bonchev–Trinajstić information content (AvgIpc) is 3.38. The third-order valence-electron chi connectivity index (χ3n) is 10.1. The summed E-state index contributed by atoms with van der Waals surface area (Å²) in [6.45, 7) is 13.5. The minimum Gasteiger partial charge on any atom is -0.497 e. The second-order valence-corrected chi connectivity index (χ2v) is 13.4. The van der Waals surface area contributed by atoms with Gasteiger partial charge in [-0.3, -0.25) is 4.79 Å². The summed E-state index contributed by atoms with van der Waals surface area (Å²) in [5, 5.41) is 18.1. The molecule has 1 unspecified atom stereocenters. The number of hydrogen-bond acceptors (Lipinski definition) is 4. The van der Waals surface area contributed by atoms with Crippen molar-refractivity contribution in [1.29, 1.82) is 0 Å². The van der Waals surface area contributed by atoms with Gasteiger partial charge in [0.2, 0.25) is 0 Å². The lowest BCUT2D eigenvalue weighted by Gasteiger charge is -2.19. The Morgan fingerprint density at radius 1 is 0.812 bits per heavy atom. The number of rotatable bonds is 11. The van der Waals surface area contributed by atoms with Crippen molar-refractivity contribution in [2.45, 2.75) is 73.8 Å². The topological polar surface area (TPSA) is 63.8 Å². The number of carbonyl (C=O) groups excluding carboxylic acids is 1. The van der Waals surface area contributed by atoms with E-state index in [0.29, 0.717) is 17.2 Å². The molecule has 6 aromatic rings. The fraction of sp³-hybridized carbons (Fsp3) is 0.302. The summed E-state index contributed by atoms with van der Waals surface area (Å²) >= 11 is 0. The summed E-state index contributed by atoms with van der Waals surface area (Å²) in [4.78, 5) is 14.7. The summed E-state index contributed by atoms with van der Waals surface area (Å²) in [5.41, 5.74) is 9.97. The standard InChI is InChI=1S/C43H46N2O3/c1-8-10-14-30(9-2)25-45-39-19-16-31(41(44-47)33-15-12-11-13-27(33)4)22-36(39)37-24-38(35-23-32(48-7)17-18-34(35)42(37)45)43(46)40-28(5)20-26(3)21-29(40)6/h11-13,15-24,30,47H,8-10,14,25H2,1-7H3/b44-41-. The Kier molecular flexibility index (Phi) is 9.41. The highest BCUT2D eigenvalue weighted by molar-refractivity contribution is 6.27. The lowest BCUT2D eigenvalue weighted by Crippen LogP contribution is -2.11. The number of ketones is 1. The Balaban J connectivity index is 1.70. The van der Waals surface area contributed by atoms with Crippen LogP contribution in [0.1, 0.15) is 88.8 Å². The molecule has 5 aromatic carbocycles. The molecule has 5 nitrogen and oxygen atoms in total. The van der Waals surface area contributed by atoms with Crippen LogP contribution < -0.4 is 4.74 Å². The van der Waals surface area contributed by atoms with Crippen LogP contribution in [0.15, 0.2) is 84.0 Å². The molecule has 0 saturated heterocycles. The largest absolute Gasteiger partial charge is 0.497 e. The molecule has 48 heavy (non-hydrogen) atoms. The predicted octanol–water partition coefficient (Wildman–Crippen LogP) is 10.9. The molecule has 6 rings (SSSR count). The van der Waals surface area contributed by atoms with Crippen LogP contribution in [0.5, 0.6) is 5.75 Å². The number of ether oxygens (including phenoxy) is 1. The molecule has 0 aliphatic carbocycles. The van der Waals surface area contributed by atoms with E-state index in [1.54, 1.807) is 7.11 Å². The van der Waals surface area contributed by atoms with Crippen LogP contribution in [-0.4, -0.2) is 28.4 Å². The van der Waals surface area contributed by atoms with E-state index in [2.05, 4.69) is 73.0 Å². The van der Waals surface area contributed by atoms with Crippen LogP contribution in [0.2, 0.25) is 0 Å². The number of hydrogen-bond donors (Lipinski definition) is 1. The first-order chi connectivity index (χ1) is 23.2. The van der Waals surface area contributed by atoms with Gasteiger partial charge in [0.25, 0.3) is 0 Å². The van der Waals surface area contributed by atoms with Crippen molar-refractivity contribution in [2.75, 3.05) is 7.11 Å². The zero-order chi connectivity index (χ0) is 34.1. The average molecular weight is 639 g/mol. The summed E-state index contributed by atoms with van der Waals surface area (Å²) in [7, 11) is 1.67. The van der Waals surface area contributed by atoms with Crippen LogP contribution in [-0.2, 0) is 6.54 Å². The van der Waals surface area contributed by atoms with Gasteiger partial charge >= 0.3 is 0 Å². The van der Waals surface area contributed by atoms with E-state index in [1.807, 2.05) is 57.2 Å². The lowest BCUT2D eigenvalue weighted by atomic mass is 9.89. The first-order valence-electron chi connectivity index (χ1n) is 17.2. The SMILES string of the molecule is CCCCC(CC)Cn1c2ccc(/C(=N/O)c3ccccc3C)cc2c2cc(C(=O)c3c(C)cc(C)cc3C)c3cc(OC)ccc3c21. The Morgan fingerprint density at radius 3 is 2.23 bits per heavy atom. The molecule has 246 valence electrons. The van der Waals surface area contributed by atoms with E-state index < -0.39 is 0 Å². The van der Waals surface area contributed by atoms with Gasteiger partial charge in [-0.15, -0.1) is 0 Å². The Labute approximate surface area is 283 Å². The first kappa shape index (κ1) is 33.0. The highest BCUT2D eigenvalue weighted by Crippen LogP contribution is 2.40. The highest BCUT2D eigenvalue weighted by atomic mass is 16.5. The third-order valence-corrected chi connectivity index (χ3v) is 10.1. The van der Waals surface area contributed by atoms with Gasteiger partial charge < -0.3 is 14.5 Å². The highest BCUT2D eigenvalue weighted by Gasteiger charge is 2.24. The second-order valence-electron chi connectivity index (χ2n) is 13.4. The van der Waals surface area contributed by atoms with Gasteiger partial charge in [-0.05, 0) is 98.5 Å². The maximum atomic E-state index is 14.7. The maximum absolute atomic E-state index is 14.7. The molecule has 0 aliphatic heterocycles. The van der Waals surface area contributed by atoms with Crippen molar-refractivity contribution in [3.05, 3.63) is 123 Å². The molecule has 0 saturated carbocycles. The van der Waals surface area contributed by atoms with Crippen LogP contribution in [0, 0.1) is 33.6 Å². The van der Waals surface area contributed by atoms with Gasteiger partial charge in [0.15, 0.2) is 5.78 Å². The summed E-state index contributed by atoms with van der Waals surface area (Å²) in [6.07, 6.45) is 4.61. The maximum Gasteiger partial charge on any atom is 0.194 e. The fourth-order valence-corrected chi connectivity index (χ4v) is 7.60. The molecular formula is C43H46N2O3. The van der Waals surface area contributed by atoms with E-state index in [4.69, 9.17) is 4.74 Å². The van der Waals surface area contributed by atoms with Crippen LogP contribution >= 0.6 is 0 Å². The predicted molar refractivity (Wildman–Crippen MR) is 199 cm³/mol. The molecule has 0 fully saturated rings. The van der Waals surface area contributed by atoms with Crippen molar-refractivity contribution < 1.29 is 14.7 Å². The van der Waals surface area contributed by atoms with Crippen molar-refractivity contribution in [3.8, 4) is 5.75 Å². The first-order valence-corrected chi connectivity index (χ1v) is 17.2. The number of benzene rings is 5. The number of methoxy groups -OCH3 is 1. The van der Waals surface area contributed by atoms with E-state index in [-0.39, 0.29) is 5.78 Å². The molecule has 0 spiro atoms. The van der Waals surface area contributed by atoms with Crippen molar-refractivity contribution in [2.24, 2.45) is 11.1 Å². The zero-order valence-corrected chi connectivity index (χ0v) is 29.3. The van der Waals surface area contributed by atoms with Gasteiger partial charge in [0.1, 0.15) is 11.5 Å². The molecule has 0 aliphatic rings. The van der Waals surface area contributed by atoms with Crippen LogP contribution in [0.4, 0.5) is 0 Å². The van der Waals surface area contributed by atoms with Gasteiger partial charge in [-0.25, -0.2) is 0 Å². The minimum atomic E-state index is 0.00843. The molecule has 5 heteroatoms. The van der Waals surface area contributed by atoms with Gasteiger partial charge in [0.05, 0.1) is 12.6 Å². The Bertz CT molecular complexity index is 2180. The van der Waals surface area contributed by atoms with Crippen molar-refractivity contribution in [1.82, 2.24) is 4.57 Å². The van der Waals surface area contributed by atoms with Crippen LogP contribution in [0.25, 0.3) is 32.6 Å². The second kappa shape index (κ2) is 13.7. The van der Waals surface area contributed by atoms with Gasteiger partial charge in [-0.1, -0.05) is 86.3 Å². The van der Waals surface area contributed by atoms with Gasteiger partial charge in [0, 0.05) is 50.5 Å². The summed E-state index contributed by atoms with van der Waals surface area (Å²) in [5.74, 6) is 1.24. The number of unbranched alkanes of at least 4 members (excludes halogenated alkanes) is 1. The molecule has 0 radical (unpaired) electrons. The number of aryl methyl sites for hydroxylation is 4. The molecule has 1 heterocycles. The normalized spacial score (nSPS) is 12.7. The van der Waals surface area contributed by atoms with E-state index >= 15 is 0 Å². The number of aromatic nitrogens is 1. The molecule has 0 amide bonds. The molecular weight excluding hydrogens is 592 g/mol. The Morgan fingerprint density at radius 2 is 1.56 bits per heavy atom. The fourth-order valence-electron chi connectivity index (χ4n) is 7.60. The Hall–Kier alpha value is -4.90. The quantitative estimate of drug-likeness (QED) is 0.0665. The molecule has 1 atom stereocenters. The summed E-state index contributed by atoms with van der Waals surface area (Å²) < 4.78 is 8.17. The number of nitrogens with zero attached hydrogens (tertiary/aromatic N) is 2. The van der Waals surface area contributed by atoms with Crippen molar-refractivity contribution >= 4 is 44.1 Å². The smallest absolute Gasteiger partial charge is 0.194 e. The molecule has 1 N–H and O–H groups in total. The van der Waals surface area contributed by atoms with E-state index in [1.165, 1.54) is 12.8 Å². The number of carbonyl (C=O) groups is 1. The number of fused-ring (bicyclic) bond motifs is 5. The van der Waals surface area contributed by atoms with Gasteiger partial charge in [-0.2, -0.15) is 0 Å². The van der Waals surface area contributed by atoms with Crippen LogP contribution in [0.3, 0.4) is 0 Å². The van der Waals surface area contributed by atoms with E-state index in [9.17, 15) is 10.0 Å². The zero-order valence-electron chi connectivity index (χ0n) is 29.3. The van der Waals surface area contributed by atoms with E-state index in [0.717, 1.165) is 96.7 Å². The molecule has 1 aromatic heterocycles. The third kappa shape index (κ3) is 5.87. The summed E-state index contributed by atoms with van der Waals surface area (Å²) in [6, 6.07) is 26.7. The minimum absolute atomic E-state index is 0.00843. The number of oxime groups is 1. The lowest BCUT2D eigenvalue weighted by molar-refractivity contribution is 0.103. The van der Waals surface area contributed by atoms with Crippen molar-refractivity contribution in [3.63, 3.8) is 0 Å². The molecule has 0 bridgehead atoms. The monoisotopic (exact) mass is 638 g/mol.